The summed E-state index contributed by atoms with van der Waals surface area (Å²) in [4.78, 5) is 21.8. The van der Waals surface area contributed by atoms with E-state index in [1.54, 1.807) is 0 Å². The molecule has 4 aliphatic rings. The molecule has 3 aliphatic heterocycles. The summed E-state index contributed by atoms with van der Waals surface area (Å²) >= 11 is 0. The summed E-state index contributed by atoms with van der Waals surface area (Å²) in [5, 5.41) is 1.01. The van der Waals surface area contributed by atoms with Gasteiger partial charge in [-0.15, -0.1) is 0 Å². The second kappa shape index (κ2) is 8.16. The van der Waals surface area contributed by atoms with Gasteiger partial charge in [-0.25, -0.2) is 4.98 Å². The van der Waals surface area contributed by atoms with E-state index < -0.39 is 0 Å². The SMILES string of the molecule is CC(C)N1[C@@H]2CC(Oc3ccc4nc(C(=O)N5CCOCC5)ccc4c3)CC[C@H]1C2. The van der Waals surface area contributed by atoms with Gasteiger partial charge in [0.15, 0.2) is 0 Å². The first-order chi connectivity index (χ1) is 14.6. The summed E-state index contributed by atoms with van der Waals surface area (Å²) in [6, 6.07) is 11.9. The van der Waals surface area contributed by atoms with Gasteiger partial charge in [0.25, 0.3) is 5.91 Å². The Bertz CT molecular complexity index is 925. The summed E-state index contributed by atoms with van der Waals surface area (Å²) in [6.07, 6.45) is 5.04. The monoisotopic (exact) mass is 409 g/mol. The first-order valence-electron chi connectivity index (χ1n) is 11.3. The Morgan fingerprint density at radius 2 is 1.93 bits per heavy atom. The topological polar surface area (TPSA) is 54.9 Å². The third kappa shape index (κ3) is 3.79. The van der Waals surface area contributed by atoms with Crippen LogP contribution in [0.1, 0.15) is 50.0 Å². The van der Waals surface area contributed by atoms with E-state index in [1.807, 2.05) is 29.2 Å². The Hall–Kier alpha value is -2.18. The highest BCUT2D eigenvalue weighted by atomic mass is 16.5. The lowest BCUT2D eigenvalue weighted by atomic mass is 9.89. The molecule has 6 heteroatoms. The molecule has 0 N–H and O–H groups in total. The molecular formula is C24H31N3O3. The zero-order valence-electron chi connectivity index (χ0n) is 17.9. The van der Waals surface area contributed by atoms with Gasteiger partial charge >= 0.3 is 0 Å². The van der Waals surface area contributed by atoms with E-state index in [0.29, 0.717) is 44.1 Å². The summed E-state index contributed by atoms with van der Waals surface area (Å²) in [5.41, 5.74) is 1.32. The molecule has 2 bridgehead atoms. The van der Waals surface area contributed by atoms with E-state index in [4.69, 9.17) is 9.47 Å². The van der Waals surface area contributed by atoms with E-state index in [-0.39, 0.29) is 12.0 Å². The van der Waals surface area contributed by atoms with E-state index in [1.165, 1.54) is 12.8 Å². The smallest absolute Gasteiger partial charge is 0.272 e. The number of morpholine rings is 1. The zero-order valence-corrected chi connectivity index (χ0v) is 17.9. The first kappa shape index (κ1) is 19.8. The quantitative estimate of drug-likeness (QED) is 0.774. The third-order valence-electron chi connectivity index (χ3n) is 6.82. The highest BCUT2D eigenvalue weighted by molar-refractivity contribution is 5.95. The maximum atomic E-state index is 12.7. The van der Waals surface area contributed by atoms with Crippen LogP contribution in [0.2, 0.25) is 0 Å². The average Bonchev–Trinajstić information content (AvgIpc) is 3.05. The van der Waals surface area contributed by atoms with Crippen molar-refractivity contribution < 1.29 is 14.3 Å². The molecule has 4 heterocycles. The first-order valence-corrected chi connectivity index (χ1v) is 11.3. The van der Waals surface area contributed by atoms with Crippen molar-refractivity contribution in [3.63, 3.8) is 0 Å². The van der Waals surface area contributed by atoms with Crippen LogP contribution in [-0.4, -0.2) is 71.2 Å². The van der Waals surface area contributed by atoms with Crippen LogP contribution in [0, 0.1) is 0 Å². The van der Waals surface area contributed by atoms with Gasteiger partial charge in [0, 0.05) is 36.6 Å². The predicted molar refractivity (Wildman–Crippen MR) is 116 cm³/mol. The number of aromatic nitrogens is 1. The number of carbonyl (C=O) groups excluding carboxylic acids is 1. The number of fused-ring (bicyclic) bond motifs is 4. The maximum Gasteiger partial charge on any atom is 0.272 e. The molecule has 1 saturated carbocycles. The lowest BCUT2D eigenvalue weighted by molar-refractivity contribution is -0.0143. The van der Waals surface area contributed by atoms with Crippen molar-refractivity contribution in [3.8, 4) is 5.75 Å². The van der Waals surface area contributed by atoms with E-state index in [2.05, 4.69) is 29.8 Å². The van der Waals surface area contributed by atoms with Crippen molar-refractivity contribution in [2.75, 3.05) is 26.3 Å². The molecule has 160 valence electrons. The largest absolute Gasteiger partial charge is 0.490 e. The van der Waals surface area contributed by atoms with Crippen molar-refractivity contribution in [2.24, 2.45) is 0 Å². The Balaban J connectivity index is 1.28. The highest BCUT2D eigenvalue weighted by Crippen LogP contribution is 2.39. The molecule has 0 radical (unpaired) electrons. The van der Waals surface area contributed by atoms with Crippen LogP contribution in [0.5, 0.6) is 5.75 Å². The molecule has 3 atom stereocenters. The summed E-state index contributed by atoms with van der Waals surface area (Å²) in [5.74, 6) is 0.879. The van der Waals surface area contributed by atoms with Crippen LogP contribution in [-0.2, 0) is 4.74 Å². The van der Waals surface area contributed by atoms with Crippen LogP contribution in [0.25, 0.3) is 10.9 Å². The van der Waals surface area contributed by atoms with Gasteiger partial charge < -0.3 is 14.4 Å². The standard InChI is InChI=1S/C24H31N3O3/c1-16(2)27-18-4-5-21(15-19(27)14-18)30-20-6-8-22-17(13-20)3-7-23(25-22)24(28)26-9-11-29-12-10-26/h3,6-8,13,16,18-19,21H,4-5,9-12,14-15H2,1-2H3/t18-,19-,21?/m0/s1. The normalized spacial score (nSPS) is 27.0. The van der Waals surface area contributed by atoms with E-state index in [9.17, 15) is 4.79 Å². The van der Waals surface area contributed by atoms with Crippen molar-refractivity contribution in [2.45, 2.75) is 63.8 Å². The van der Waals surface area contributed by atoms with Gasteiger partial charge in [-0.3, -0.25) is 9.69 Å². The number of hydrogen-bond donors (Lipinski definition) is 0. The minimum Gasteiger partial charge on any atom is -0.490 e. The number of pyridine rings is 1. The molecule has 6 rings (SSSR count). The van der Waals surface area contributed by atoms with Gasteiger partial charge in [-0.05, 0) is 63.8 Å². The van der Waals surface area contributed by atoms with Crippen LogP contribution in [0.3, 0.4) is 0 Å². The molecule has 4 fully saturated rings. The molecule has 30 heavy (non-hydrogen) atoms. The maximum absolute atomic E-state index is 12.7. The molecule has 1 amide bonds. The molecule has 1 aromatic heterocycles. The van der Waals surface area contributed by atoms with E-state index in [0.717, 1.165) is 35.5 Å². The molecule has 1 aromatic carbocycles. The molecule has 2 aromatic rings. The van der Waals surface area contributed by atoms with Crippen molar-refractivity contribution >= 4 is 16.8 Å². The van der Waals surface area contributed by atoms with E-state index >= 15 is 0 Å². The molecule has 6 nitrogen and oxygen atoms in total. The van der Waals surface area contributed by atoms with Gasteiger partial charge in [-0.2, -0.15) is 0 Å². The minimum atomic E-state index is -0.0207. The molecule has 1 unspecified atom stereocenters. The van der Waals surface area contributed by atoms with Crippen LogP contribution in [0.4, 0.5) is 0 Å². The number of benzene rings is 1. The van der Waals surface area contributed by atoms with Gasteiger partial charge in [0.2, 0.25) is 0 Å². The lowest BCUT2D eigenvalue weighted by Crippen LogP contribution is -2.57. The summed E-state index contributed by atoms with van der Waals surface area (Å²) in [6.45, 7) is 7.05. The number of carbonyl (C=O) groups is 1. The lowest BCUT2D eigenvalue weighted by Gasteiger charge is -2.50. The Morgan fingerprint density at radius 1 is 1.10 bits per heavy atom. The van der Waals surface area contributed by atoms with Crippen LogP contribution >= 0.6 is 0 Å². The fourth-order valence-corrected chi connectivity index (χ4v) is 5.37. The Morgan fingerprint density at radius 3 is 2.73 bits per heavy atom. The van der Waals surface area contributed by atoms with Gasteiger partial charge in [0.1, 0.15) is 17.5 Å². The van der Waals surface area contributed by atoms with Crippen LogP contribution in [0.15, 0.2) is 30.3 Å². The molecular weight excluding hydrogens is 378 g/mol. The predicted octanol–water partition coefficient (Wildman–Crippen LogP) is 3.49. The number of nitrogens with zero attached hydrogens (tertiary/aromatic N) is 3. The van der Waals surface area contributed by atoms with Crippen molar-refractivity contribution in [1.82, 2.24) is 14.8 Å². The Kier molecular flexibility index (Phi) is 5.37. The second-order valence-corrected chi connectivity index (χ2v) is 9.09. The molecule has 3 saturated heterocycles. The molecule has 0 spiro atoms. The van der Waals surface area contributed by atoms with Crippen molar-refractivity contribution in [1.29, 1.82) is 0 Å². The Labute approximate surface area is 178 Å². The number of rotatable bonds is 4. The van der Waals surface area contributed by atoms with Gasteiger partial charge in [-0.1, -0.05) is 6.07 Å². The zero-order chi connectivity index (χ0) is 20.7. The van der Waals surface area contributed by atoms with Crippen molar-refractivity contribution in [3.05, 3.63) is 36.0 Å². The summed E-state index contributed by atoms with van der Waals surface area (Å²) < 4.78 is 11.7. The highest BCUT2D eigenvalue weighted by Gasteiger charge is 2.43. The average molecular weight is 410 g/mol. The van der Waals surface area contributed by atoms with Gasteiger partial charge in [0.05, 0.1) is 18.7 Å². The number of amides is 1. The molecule has 1 aliphatic carbocycles. The number of hydrogen-bond acceptors (Lipinski definition) is 5. The summed E-state index contributed by atoms with van der Waals surface area (Å²) in [7, 11) is 0. The second-order valence-electron chi connectivity index (χ2n) is 9.09. The fraction of sp³-hybridized carbons (Fsp3) is 0.583. The minimum absolute atomic E-state index is 0.0207. The third-order valence-corrected chi connectivity index (χ3v) is 6.82. The number of ether oxygens (including phenoxy) is 2. The fourth-order valence-electron chi connectivity index (χ4n) is 5.37. The van der Waals surface area contributed by atoms with Crippen LogP contribution < -0.4 is 4.74 Å².